The number of hydrogen-bond acceptors (Lipinski definition) is 1. The van der Waals surface area contributed by atoms with E-state index in [1.54, 1.807) is 6.07 Å². The fraction of sp³-hybridized carbons (Fsp3) is 0.500. The molecule has 7 heteroatoms. The van der Waals surface area contributed by atoms with Crippen LogP contribution >= 0.6 is 46.4 Å². The summed E-state index contributed by atoms with van der Waals surface area (Å²) in [6, 6.07) is 11.0. The molecular formula is C30H39Cl4N2O+. The zero-order valence-corrected chi connectivity index (χ0v) is 24.8. The van der Waals surface area contributed by atoms with Crippen LogP contribution in [0.1, 0.15) is 88.4 Å². The Morgan fingerprint density at radius 1 is 0.811 bits per heavy atom. The number of aryl methyl sites for hydroxylation is 1. The maximum Gasteiger partial charge on any atom is 0.243 e. The summed E-state index contributed by atoms with van der Waals surface area (Å²) >= 11 is 25.5. The predicted octanol–water partition coefficient (Wildman–Crippen LogP) is 10.3. The summed E-state index contributed by atoms with van der Waals surface area (Å²) in [6.45, 7) is 4.18. The van der Waals surface area contributed by atoms with E-state index in [1.807, 2.05) is 30.3 Å². The standard InChI is InChI=1S/C30H39Cl4N2O/c1-2-3-4-5-6-7-8-9-10-11-17-35-18-19-36(23-35)21-30(25-16-15-24(31)20-29(25)34)37-22-26-27(32)13-12-14-28(26)33/h12-16,18-20,23,30H,2-11,17,21-22H2,1H3/q+1. The molecule has 0 aliphatic heterocycles. The van der Waals surface area contributed by atoms with Crippen LogP contribution in [0.5, 0.6) is 0 Å². The second-order valence-corrected chi connectivity index (χ2v) is 11.4. The van der Waals surface area contributed by atoms with Crippen LogP contribution in [-0.2, 0) is 24.4 Å². The Kier molecular flexibility index (Phi) is 13.7. The molecule has 3 aromatic rings. The number of halogens is 4. The van der Waals surface area contributed by atoms with Crippen molar-refractivity contribution < 1.29 is 9.30 Å². The Bertz CT molecular complexity index is 1060. The van der Waals surface area contributed by atoms with Crippen LogP contribution in [0.2, 0.25) is 20.1 Å². The highest BCUT2D eigenvalue weighted by Crippen LogP contribution is 2.32. The SMILES string of the molecule is CCCCCCCCCCCCn1cc[n+](CC(OCc2c(Cl)cccc2Cl)c2ccc(Cl)cc2Cl)c1. The molecule has 0 saturated heterocycles. The van der Waals surface area contributed by atoms with Gasteiger partial charge < -0.3 is 4.74 Å². The molecule has 1 unspecified atom stereocenters. The Hall–Kier alpha value is -1.23. The molecule has 1 aromatic heterocycles. The second kappa shape index (κ2) is 16.7. The molecular weight excluding hydrogens is 546 g/mol. The maximum absolute atomic E-state index is 6.56. The average Bonchev–Trinajstić information content (AvgIpc) is 3.31. The number of rotatable bonds is 17. The minimum atomic E-state index is -0.296. The van der Waals surface area contributed by atoms with Crippen molar-refractivity contribution in [3.63, 3.8) is 0 Å². The number of unbranched alkanes of at least 4 members (excludes halogenated alkanes) is 9. The first-order valence-electron chi connectivity index (χ1n) is 13.5. The zero-order valence-electron chi connectivity index (χ0n) is 21.8. The topological polar surface area (TPSA) is 18.0 Å². The lowest BCUT2D eigenvalue weighted by Crippen LogP contribution is -2.35. The molecule has 0 fully saturated rings. The van der Waals surface area contributed by atoms with Crippen LogP contribution < -0.4 is 4.57 Å². The van der Waals surface area contributed by atoms with Gasteiger partial charge in [0, 0.05) is 31.2 Å². The minimum absolute atomic E-state index is 0.280. The Morgan fingerprint density at radius 3 is 2.11 bits per heavy atom. The van der Waals surface area contributed by atoms with Gasteiger partial charge in [0.15, 0.2) is 0 Å². The van der Waals surface area contributed by atoms with E-state index in [1.165, 1.54) is 64.2 Å². The van der Waals surface area contributed by atoms with Gasteiger partial charge in [-0.1, -0.05) is 117 Å². The molecule has 202 valence electrons. The number of aromatic nitrogens is 2. The van der Waals surface area contributed by atoms with Crippen molar-refractivity contribution in [3.8, 4) is 0 Å². The van der Waals surface area contributed by atoms with Crippen molar-refractivity contribution in [2.24, 2.45) is 0 Å². The van der Waals surface area contributed by atoms with E-state index in [0.717, 1.165) is 17.7 Å². The van der Waals surface area contributed by atoms with Crippen LogP contribution in [-0.4, -0.2) is 4.57 Å². The quantitative estimate of drug-likeness (QED) is 0.114. The van der Waals surface area contributed by atoms with E-state index in [2.05, 4.69) is 34.8 Å². The summed E-state index contributed by atoms with van der Waals surface area (Å²) in [5.74, 6) is 0. The first kappa shape index (κ1) is 30.3. The summed E-state index contributed by atoms with van der Waals surface area (Å²) in [5, 5.41) is 2.35. The van der Waals surface area contributed by atoms with Crippen molar-refractivity contribution in [1.82, 2.24) is 4.57 Å². The lowest BCUT2D eigenvalue weighted by molar-refractivity contribution is -0.704. The highest BCUT2D eigenvalue weighted by Gasteiger charge is 2.21. The highest BCUT2D eigenvalue weighted by atomic mass is 35.5. The smallest absolute Gasteiger partial charge is 0.243 e. The molecule has 0 N–H and O–H groups in total. The van der Waals surface area contributed by atoms with Gasteiger partial charge in [-0.05, 0) is 37.1 Å². The van der Waals surface area contributed by atoms with E-state index in [4.69, 9.17) is 51.1 Å². The molecule has 3 rings (SSSR count). The van der Waals surface area contributed by atoms with Gasteiger partial charge in [0.25, 0.3) is 0 Å². The van der Waals surface area contributed by atoms with Crippen LogP contribution in [0.3, 0.4) is 0 Å². The second-order valence-electron chi connectivity index (χ2n) is 9.70. The van der Waals surface area contributed by atoms with Crippen molar-refractivity contribution in [3.05, 3.63) is 86.3 Å². The number of nitrogens with zero attached hydrogens (tertiary/aromatic N) is 2. The van der Waals surface area contributed by atoms with Crippen LogP contribution in [0, 0.1) is 0 Å². The first-order chi connectivity index (χ1) is 18.0. The van der Waals surface area contributed by atoms with E-state index < -0.39 is 0 Å². The zero-order chi connectivity index (χ0) is 26.5. The molecule has 0 amide bonds. The van der Waals surface area contributed by atoms with E-state index in [-0.39, 0.29) is 12.7 Å². The molecule has 2 aromatic carbocycles. The molecule has 0 bridgehead atoms. The minimum Gasteiger partial charge on any atom is -0.365 e. The van der Waals surface area contributed by atoms with E-state index in [9.17, 15) is 0 Å². The Morgan fingerprint density at radius 2 is 1.46 bits per heavy atom. The van der Waals surface area contributed by atoms with Gasteiger partial charge >= 0.3 is 0 Å². The lowest BCUT2D eigenvalue weighted by Gasteiger charge is -2.19. The average molecular weight is 585 g/mol. The Balaban J connectivity index is 1.52. The summed E-state index contributed by atoms with van der Waals surface area (Å²) in [5.41, 5.74) is 1.65. The summed E-state index contributed by atoms with van der Waals surface area (Å²) in [7, 11) is 0. The van der Waals surface area contributed by atoms with E-state index in [0.29, 0.717) is 26.6 Å². The van der Waals surface area contributed by atoms with Crippen molar-refractivity contribution in [2.45, 2.75) is 96.9 Å². The Labute approximate surface area is 242 Å². The number of ether oxygens (including phenoxy) is 1. The summed E-state index contributed by atoms with van der Waals surface area (Å²) in [4.78, 5) is 0. The van der Waals surface area contributed by atoms with Gasteiger partial charge in [-0.25, -0.2) is 9.13 Å². The molecule has 1 atom stereocenters. The summed E-state index contributed by atoms with van der Waals surface area (Å²) < 4.78 is 10.7. The molecule has 1 heterocycles. The maximum atomic E-state index is 6.56. The van der Waals surface area contributed by atoms with Gasteiger partial charge in [-0.2, -0.15) is 0 Å². The van der Waals surface area contributed by atoms with Gasteiger partial charge in [-0.15, -0.1) is 0 Å². The first-order valence-corrected chi connectivity index (χ1v) is 15.0. The van der Waals surface area contributed by atoms with Crippen LogP contribution in [0.15, 0.2) is 55.1 Å². The third kappa shape index (κ3) is 10.5. The molecule has 0 aliphatic rings. The van der Waals surface area contributed by atoms with Gasteiger partial charge in [0.05, 0.1) is 13.2 Å². The third-order valence-corrected chi connectivity index (χ3v) is 7.96. The summed E-state index contributed by atoms with van der Waals surface area (Å²) in [6.07, 6.45) is 19.5. The predicted molar refractivity (Wildman–Crippen MR) is 157 cm³/mol. The third-order valence-electron chi connectivity index (χ3n) is 6.69. The fourth-order valence-electron chi connectivity index (χ4n) is 4.51. The lowest BCUT2D eigenvalue weighted by atomic mass is 10.1. The van der Waals surface area contributed by atoms with Crippen LogP contribution in [0.4, 0.5) is 0 Å². The molecule has 37 heavy (non-hydrogen) atoms. The molecule has 0 spiro atoms. The monoisotopic (exact) mass is 583 g/mol. The molecule has 0 radical (unpaired) electrons. The van der Waals surface area contributed by atoms with Crippen molar-refractivity contribution in [2.75, 3.05) is 0 Å². The molecule has 0 saturated carbocycles. The fourth-order valence-corrected chi connectivity index (χ4v) is 5.55. The molecule has 0 aliphatic carbocycles. The number of benzene rings is 2. The van der Waals surface area contributed by atoms with Crippen molar-refractivity contribution in [1.29, 1.82) is 0 Å². The van der Waals surface area contributed by atoms with Crippen molar-refractivity contribution >= 4 is 46.4 Å². The van der Waals surface area contributed by atoms with Gasteiger partial charge in [0.2, 0.25) is 6.33 Å². The van der Waals surface area contributed by atoms with Gasteiger partial charge in [-0.3, -0.25) is 0 Å². The van der Waals surface area contributed by atoms with Crippen LogP contribution in [0.25, 0.3) is 0 Å². The normalized spacial score (nSPS) is 12.2. The number of hydrogen-bond donors (Lipinski definition) is 0. The van der Waals surface area contributed by atoms with E-state index >= 15 is 0 Å². The van der Waals surface area contributed by atoms with Gasteiger partial charge in [0.1, 0.15) is 25.0 Å². The largest absolute Gasteiger partial charge is 0.365 e. The highest BCUT2D eigenvalue weighted by molar-refractivity contribution is 6.36. The number of imidazole rings is 1. The molecule has 3 nitrogen and oxygen atoms in total.